The van der Waals surface area contributed by atoms with Crippen LogP contribution in [0, 0.1) is 11.7 Å². The van der Waals surface area contributed by atoms with Gasteiger partial charge in [0.1, 0.15) is 0 Å². The second kappa shape index (κ2) is 6.02. The van der Waals surface area contributed by atoms with Crippen LogP contribution in [0.4, 0.5) is 4.39 Å². The van der Waals surface area contributed by atoms with Crippen molar-refractivity contribution < 1.29 is 19.0 Å². The van der Waals surface area contributed by atoms with Crippen LogP contribution >= 0.6 is 0 Å². The molecule has 0 aliphatic heterocycles. The maximum Gasteiger partial charge on any atom is 0.305 e. The van der Waals surface area contributed by atoms with E-state index >= 15 is 0 Å². The summed E-state index contributed by atoms with van der Waals surface area (Å²) in [6, 6.07) is 4.37. The summed E-state index contributed by atoms with van der Waals surface area (Å²) in [7, 11) is 0. The molecule has 106 valence electrons. The van der Waals surface area contributed by atoms with Gasteiger partial charge in [0, 0.05) is 0 Å². The van der Waals surface area contributed by atoms with E-state index in [1.54, 1.807) is 13.0 Å². The van der Waals surface area contributed by atoms with Gasteiger partial charge in [-0.25, -0.2) is 4.39 Å². The third-order valence-corrected chi connectivity index (χ3v) is 3.24. The van der Waals surface area contributed by atoms with Crippen LogP contribution in [0.25, 0.3) is 0 Å². The number of ether oxygens (including phenoxy) is 1. The van der Waals surface area contributed by atoms with Crippen LogP contribution in [-0.4, -0.2) is 17.7 Å². The molecule has 0 saturated heterocycles. The number of carboxylic acids is 1. The van der Waals surface area contributed by atoms with Crippen molar-refractivity contribution in [3.8, 4) is 5.75 Å². The average molecular weight is 269 g/mol. The fourth-order valence-electron chi connectivity index (χ4n) is 1.95. The Kier molecular flexibility index (Phi) is 4.89. The fourth-order valence-corrected chi connectivity index (χ4v) is 1.95. The van der Waals surface area contributed by atoms with Gasteiger partial charge in [-0.3, -0.25) is 4.79 Å². The third kappa shape index (κ3) is 3.44. The van der Waals surface area contributed by atoms with Crippen molar-refractivity contribution >= 4 is 5.97 Å². The quantitative estimate of drug-likeness (QED) is 0.832. The van der Waals surface area contributed by atoms with Crippen molar-refractivity contribution in [1.29, 1.82) is 0 Å². The van der Waals surface area contributed by atoms with Crippen LogP contribution in [0.3, 0.4) is 0 Å². The molecule has 3 N–H and O–H groups in total. The summed E-state index contributed by atoms with van der Waals surface area (Å²) in [5.74, 6) is -1.53. The average Bonchev–Trinajstić information content (AvgIpc) is 2.30. The normalized spacial score (nSPS) is 14.2. The highest BCUT2D eigenvalue weighted by Gasteiger charge is 2.34. The Morgan fingerprint density at radius 1 is 1.53 bits per heavy atom. The second-order valence-electron chi connectivity index (χ2n) is 4.84. The highest BCUT2D eigenvalue weighted by atomic mass is 19.1. The molecule has 0 aromatic heterocycles. The van der Waals surface area contributed by atoms with Crippen molar-refractivity contribution in [2.45, 2.75) is 32.7 Å². The summed E-state index contributed by atoms with van der Waals surface area (Å²) in [5, 5.41) is 8.97. The number of carbonyl (C=O) groups is 1. The van der Waals surface area contributed by atoms with Crippen molar-refractivity contribution in [1.82, 2.24) is 0 Å². The van der Waals surface area contributed by atoms with Crippen LogP contribution < -0.4 is 10.5 Å². The molecular weight excluding hydrogens is 249 g/mol. The maximum atomic E-state index is 13.8. The van der Waals surface area contributed by atoms with E-state index in [0.29, 0.717) is 12.2 Å². The minimum Gasteiger partial charge on any atom is -0.491 e. The molecule has 19 heavy (non-hydrogen) atoms. The van der Waals surface area contributed by atoms with Gasteiger partial charge >= 0.3 is 5.97 Å². The molecule has 1 aromatic carbocycles. The van der Waals surface area contributed by atoms with Gasteiger partial charge in [-0.2, -0.15) is 0 Å². The number of aliphatic carboxylic acids is 1. The van der Waals surface area contributed by atoms with Crippen LogP contribution in [0.1, 0.15) is 32.8 Å². The smallest absolute Gasteiger partial charge is 0.305 e. The SMILES string of the molecule is CCOc1ccc(C(N)(CC(=O)O)C(C)C)cc1F. The Morgan fingerprint density at radius 2 is 2.16 bits per heavy atom. The minimum absolute atomic E-state index is 0.138. The van der Waals surface area contributed by atoms with Gasteiger partial charge in [0.05, 0.1) is 18.6 Å². The lowest BCUT2D eigenvalue weighted by molar-refractivity contribution is -0.139. The van der Waals surface area contributed by atoms with Gasteiger partial charge in [-0.05, 0) is 30.5 Å². The molecule has 0 radical (unpaired) electrons. The molecule has 4 nitrogen and oxygen atoms in total. The first-order chi connectivity index (χ1) is 8.81. The first-order valence-corrected chi connectivity index (χ1v) is 6.24. The lowest BCUT2D eigenvalue weighted by Gasteiger charge is -2.33. The summed E-state index contributed by atoms with van der Waals surface area (Å²) >= 11 is 0. The van der Waals surface area contributed by atoms with Gasteiger partial charge in [0.2, 0.25) is 0 Å². The highest BCUT2D eigenvalue weighted by Crippen LogP contribution is 2.32. The summed E-state index contributed by atoms with van der Waals surface area (Å²) in [4.78, 5) is 10.9. The van der Waals surface area contributed by atoms with E-state index in [9.17, 15) is 9.18 Å². The molecule has 0 amide bonds. The molecular formula is C14H20FNO3. The number of rotatable bonds is 6. The number of nitrogens with two attached hydrogens (primary N) is 1. The van der Waals surface area contributed by atoms with Gasteiger partial charge in [-0.15, -0.1) is 0 Å². The Morgan fingerprint density at radius 3 is 2.58 bits per heavy atom. The second-order valence-corrected chi connectivity index (χ2v) is 4.84. The zero-order chi connectivity index (χ0) is 14.6. The molecule has 0 bridgehead atoms. The van der Waals surface area contributed by atoms with Crippen LogP contribution in [0.5, 0.6) is 5.75 Å². The lowest BCUT2D eigenvalue weighted by atomic mass is 9.78. The van der Waals surface area contributed by atoms with Crippen LogP contribution in [0.15, 0.2) is 18.2 Å². The van der Waals surface area contributed by atoms with Gasteiger partial charge in [0.15, 0.2) is 11.6 Å². The van der Waals surface area contributed by atoms with Crippen LogP contribution in [-0.2, 0) is 10.3 Å². The van der Waals surface area contributed by atoms with E-state index in [1.807, 2.05) is 13.8 Å². The van der Waals surface area contributed by atoms with Crippen molar-refractivity contribution in [2.75, 3.05) is 6.61 Å². The number of hydrogen-bond acceptors (Lipinski definition) is 3. The number of benzene rings is 1. The first-order valence-electron chi connectivity index (χ1n) is 6.24. The number of carboxylic acid groups (broad SMARTS) is 1. The molecule has 1 aromatic rings. The Bertz CT molecular complexity index is 462. The van der Waals surface area contributed by atoms with E-state index in [0.717, 1.165) is 0 Å². The standard InChI is InChI=1S/C14H20FNO3/c1-4-19-12-6-5-10(7-11(12)15)14(16,9(2)3)8-13(17)18/h5-7,9H,4,8,16H2,1-3H3,(H,17,18). The zero-order valence-corrected chi connectivity index (χ0v) is 11.4. The van der Waals surface area contributed by atoms with E-state index in [-0.39, 0.29) is 18.1 Å². The predicted molar refractivity (Wildman–Crippen MR) is 70.5 cm³/mol. The predicted octanol–water partition coefficient (Wildman–Crippen LogP) is 2.51. The van der Waals surface area contributed by atoms with E-state index in [2.05, 4.69) is 0 Å². The van der Waals surface area contributed by atoms with Gasteiger partial charge in [-0.1, -0.05) is 19.9 Å². The van der Waals surface area contributed by atoms with Crippen molar-refractivity contribution in [2.24, 2.45) is 11.7 Å². The Labute approximate surface area is 112 Å². The summed E-state index contributed by atoms with van der Waals surface area (Å²) in [6.07, 6.45) is -0.252. The van der Waals surface area contributed by atoms with E-state index in [4.69, 9.17) is 15.6 Å². The fraction of sp³-hybridized carbons (Fsp3) is 0.500. The molecule has 1 rings (SSSR count). The van der Waals surface area contributed by atoms with Gasteiger partial charge < -0.3 is 15.6 Å². The Hall–Kier alpha value is -1.62. The van der Waals surface area contributed by atoms with Crippen molar-refractivity contribution in [3.05, 3.63) is 29.6 Å². The molecule has 0 saturated carbocycles. The minimum atomic E-state index is -1.10. The third-order valence-electron chi connectivity index (χ3n) is 3.24. The Balaban J connectivity index is 3.17. The lowest BCUT2D eigenvalue weighted by Crippen LogP contribution is -2.44. The first kappa shape index (κ1) is 15.4. The maximum absolute atomic E-state index is 13.8. The summed E-state index contributed by atoms with van der Waals surface area (Å²) in [6.45, 7) is 5.76. The monoisotopic (exact) mass is 269 g/mol. The number of hydrogen-bond donors (Lipinski definition) is 2. The number of halogens is 1. The van der Waals surface area contributed by atoms with E-state index < -0.39 is 17.3 Å². The molecule has 0 heterocycles. The molecule has 0 spiro atoms. The summed E-state index contributed by atoms with van der Waals surface area (Å²) in [5.41, 5.74) is 5.53. The summed E-state index contributed by atoms with van der Waals surface area (Å²) < 4.78 is 19.0. The topological polar surface area (TPSA) is 72.5 Å². The molecule has 5 heteroatoms. The van der Waals surface area contributed by atoms with Gasteiger partial charge in [0.25, 0.3) is 0 Å². The zero-order valence-electron chi connectivity index (χ0n) is 11.4. The largest absolute Gasteiger partial charge is 0.491 e. The highest BCUT2D eigenvalue weighted by molar-refractivity contribution is 5.69. The van der Waals surface area contributed by atoms with Crippen LogP contribution in [0.2, 0.25) is 0 Å². The molecule has 0 fully saturated rings. The molecule has 1 unspecified atom stereocenters. The van der Waals surface area contributed by atoms with Crippen molar-refractivity contribution in [3.63, 3.8) is 0 Å². The van der Waals surface area contributed by atoms with E-state index in [1.165, 1.54) is 12.1 Å². The molecule has 1 atom stereocenters. The molecule has 0 aliphatic rings. The molecule has 0 aliphatic carbocycles.